The van der Waals surface area contributed by atoms with Crippen molar-refractivity contribution in [2.45, 2.75) is 5.22 Å². The quantitative estimate of drug-likeness (QED) is 0.189. The molecule has 0 bridgehead atoms. The van der Waals surface area contributed by atoms with Gasteiger partial charge in [0.25, 0.3) is 5.22 Å². The van der Waals surface area contributed by atoms with E-state index in [0.29, 0.717) is 16.6 Å². The second kappa shape index (κ2) is 11.1. The van der Waals surface area contributed by atoms with Crippen molar-refractivity contribution in [3.8, 4) is 11.5 Å². The maximum atomic E-state index is 12.2. The zero-order chi connectivity index (χ0) is 23.9. The van der Waals surface area contributed by atoms with Gasteiger partial charge in [-0.3, -0.25) is 9.79 Å². The lowest BCUT2D eigenvalue weighted by Gasteiger charge is -2.12. The maximum absolute atomic E-state index is 12.2. The summed E-state index contributed by atoms with van der Waals surface area (Å²) in [6.45, 7) is 0. The number of nitrogens with one attached hydrogen (secondary N) is 2. The van der Waals surface area contributed by atoms with Gasteiger partial charge in [0.05, 0.1) is 11.4 Å². The van der Waals surface area contributed by atoms with Gasteiger partial charge in [-0.25, -0.2) is 5.21 Å². The molecule has 1 aromatic heterocycles. The Morgan fingerprint density at radius 2 is 1.91 bits per heavy atom. The van der Waals surface area contributed by atoms with Crippen LogP contribution in [0, 0.1) is 5.21 Å². The van der Waals surface area contributed by atoms with Gasteiger partial charge in [-0.15, -0.1) is 10.2 Å². The highest BCUT2D eigenvalue weighted by molar-refractivity contribution is 7.99. The summed E-state index contributed by atoms with van der Waals surface area (Å²) >= 11 is 6.97. The summed E-state index contributed by atoms with van der Waals surface area (Å²) in [6, 6.07) is 20.7. The Kier molecular flexibility index (Phi) is 7.68. The molecule has 1 atom stereocenters. The van der Waals surface area contributed by atoms with E-state index in [1.165, 1.54) is 12.1 Å². The number of hydrogen-bond donors (Lipinski definition) is 3. The van der Waals surface area contributed by atoms with E-state index in [2.05, 4.69) is 20.5 Å². The maximum Gasteiger partial charge on any atom is 0.277 e. The van der Waals surface area contributed by atoms with Crippen LogP contribution in [0.25, 0.3) is 11.5 Å². The van der Waals surface area contributed by atoms with Crippen LogP contribution in [0.1, 0.15) is 5.56 Å². The van der Waals surface area contributed by atoms with E-state index < -0.39 is 5.23 Å². The normalized spacial score (nSPS) is 12.1. The number of amides is 1. The molecule has 0 aliphatic carbocycles. The summed E-state index contributed by atoms with van der Waals surface area (Å²) in [4.78, 5) is 16.6. The minimum Gasteiger partial charge on any atom is -0.595 e. The second-order valence-corrected chi connectivity index (χ2v) is 8.32. The van der Waals surface area contributed by atoms with Crippen molar-refractivity contribution in [2.24, 2.45) is 4.99 Å². The van der Waals surface area contributed by atoms with Crippen LogP contribution < -0.4 is 10.5 Å². The molecule has 0 fully saturated rings. The number of halogens is 1. The molecule has 3 aromatic carbocycles. The molecule has 3 N–H and O–H groups in total. The van der Waals surface area contributed by atoms with Crippen LogP contribution in [-0.2, 0) is 4.79 Å². The van der Waals surface area contributed by atoms with Crippen molar-refractivity contribution < 1.29 is 19.6 Å². The van der Waals surface area contributed by atoms with Gasteiger partial charge in [0.1, 0.15) is 0 Å². The monoisotopic (exact) mass is 495 g/mol. The first-order chi connectivity index (χ1) is 16.5. The van der Waals surface area contributed by atoms with Crippen LogP contribution in [0.4, 0.5) is 17.1 Å². The molecule has 0 aliphatic rings. The number of nitrogens with zero attached hydrogens (tertiary/aromatic N) is 3. The minimum atomic E-state index is -1.06. The van der Waals surface area contributed by atoms with Crippen LogP contribution >= 0.6 is 23.4 Å². The smallest absolute Gasteiger partial charge is 0.277 e. The average Bonchev–Trinajstić information content (AvgIpc) is 3.32. The molecule has 1 heterocycles. The third-order valence-electron chi connectivity index (χ3n) is 4.47. The van der Waals surface area contributed by atoms with E-state index in [4.69, 9.17) is 21.2 Å². The molecule has 0 saturated carbocycles. The molecule has 34 heavy (non-hydrogen) atoms. The number of benzene rings is 3. The topological polar surface area (TPSA) is 128 Å². The third kappa shape index (κ3) is 6.50. The number of aromatic nitrogens is 2. The molecule has 11 heteroatoms. The first-order valence-corrected chi connectivity index (χ1v) is 11.3. The lowest BCUT2D eigenvalue weighted by molar-refractivity contribution is -0.991. The number of aliphatic imine (C=N–C) groups is 1. The van der Waals surface area contributed by atoms with Crippen molar-refractivity contribution in [1.29, 1.82) is 0 Å². The van der Waals surface area contributed by atoms with E-state index in [9.17, 15) is 10.0 Å². The lowest BCUT2D eigenvalue weighted by atomic mass is 10.2. The van der Waals surface area contributed by atoms with Gasteiger partial charge in [-0.05, 0) is 48.0 Å². The first-order valence-electron chi connectivity index (χ1n) is 9.96. The summed E-state index contributed by atoms with van der Waals surface area (Å²) in [5.41, 5.74) is 2.91. The van der Waals surface area contributed by atoms with Gasteiger partial charge < -0.3 is 14.9 Å². The fourth-order valence-corrected chi connectivity index (χ4v) is 3.52. The predicted octanol–water partition coefficient (Wildman–Crippen LogP) is 4.27. The van der Waals surface area contributed by atoms with E-state index in [1.54, 1.807) is 30.5 Å². The fourth-order valence-electron chi connectivity index (χ4n) is 2.83. The Morgan fingerprint density at radius 1 is 1.15 bits per heavy atom. The molecular weight excluding hydrogens is 478 g/mol. The van der Waals surface area contributed by atoms with Gasteiger partial charge in [-0.2, -0.15) is 5.23 Å². The molecule has 9 nitrogen and oxygen atoms in total. The number of anilines is 1. The van der Waals surface area contributed by atoms with Gasteiger partial charge in [-0.1, -0.05) is 41.6 Å². The van der Waals surface area contributed by atoms with Gasteiger partial charge in [0, 0.05) is 34.6 Å². The molecule has 4 aromatic rings. The second-order valence-electron chi connectivity index (χ2n) is 6.95. The standard InChI is InChI=1S/C23H18ClN5O4S/c24-17-8-4-15(5-9-17)13-25-18-10-6-16(7-11-18)22-27-28-23(33-22)34-14-21(30)26-19-2-1-3-20(12-19)29(31)32/h1-13,29,31H,14H2,(H,26,30). The average molecular weight is 496 g/mol. The van der Waals surface area contributed by atoms with Crippen molar-refractivity contribution in [2.75, 3.05) is 11.1 Å². The zero-order valence-electron chi connectivity index (χ0n) is 17.5. The van der Waals surface area contributed by atoms with Crippen molar-refractivity contribution >= 4 is 52.5 Å². The van der Waals surface area contributed by atoms with Gasteiger partial charge in [0.2, 0.25) is 11.8 Å². The largest absolute Gasteiger partial charge is 0.595 e. The Labute approximate surface area is 203 Å². The molecular formula is C23H18ClN5O4S. The SMILES string of the molecule is O=C(CSc1nnc(-c2ccc(N=Cc3ccc(Cl)cc3)cc2)o1)Nc1cccc([NH+]([O-])O)c1. The van der Waals surface area contributed by atoms with Crippen LogP contribution in [0.2, 0.25) is 5.02 Å². The molecule has 1 amide bonds. The minimum absolute atomic E-state index is 0.0251. The van der Waals surface area contributed by atoms with Crippen LogP contribution in [-0.4, -0.2) is 33.3 Å². The number of carbonyl (C=O) groups is 1. The number of rotatable bonds is 8. The Balaban J connectivity index is 1.31. The number of hydrogen-bond acceptors (Lipinski definition) is 8. The summed E-state index contributed by atoms with van der Waals surface area (Å²) in [7, 11) is 0. The van der Waals surface area contributed by atoms with Crippen LogP contribution in [0.3, 0.4) is 0 Å². The van der Waals surface area contributed by atoms with Crippen molar-refractivity contribution in [1.82, 2.24) is 10.2 Å². The molecule has 0 radical (unpaired) electrons. The predicted molar refractivity (Wildman–Crippen MR) is 130 cm³/mol. The molecule has 4 rings (SSSR count). The number of thioether (sulfide) groups is 1. The third-order valence-corrected chi connectivity index (χ3v) is 5.54. The summed E-state index contributed by atoms with van der Waals surface area (Å²) in [5.74, 6) is 0.0255. The molecule has 0 spiro atoms. The highest BCUT2D eigenvalue weighted by atomic mass is 35.5. The summed E-state index contributed by atoms with van der Waals surface area (Å²) in [6.07, 6.45) is 1.75. The van der Waals surface area contributed by atoms with Crippen molar-refractivity contribution in [3.05, 3.63) is 88.6 Å². The molecule has 0 aliphatic heterocycles. The highest BCUT2D eigenvalue weighted by Crippen LogP contribution is 2.25. The molecule has 172 valence electrons. The van der Waals surface area contributed by atoms with E-state index >= 15 is 0 Å². The zero-order valence-corrected chi connectivity index (χ0v) is 19.1. The fraction of sp³-hybridized carbons (Fsp3) is 0.0435. The van der Waals surface area contributed by atoms with E-state index in [0.717, 1.165) is 28.6 Å². The summed E-state index contributed by atoms with van der Waals surface area (Å²) in [5, 5.41) is 30.6. The van der Waals surface area contributed by atoms with E-state index in [1.807, 2.05) is 36.4 Å². The molecule has 0 saturated heterocycles. The molecule has 1 unspecified atom stereocenters. The Hall–Kier alpha value is -3.54. The number of carbonyl (C=O) groups excluding carboxylic acids is 1. The van der Waals surface area contributed by atoms with Crippen molar-refractivity contribution in [3.63, 3.8) is 0 Å². The van der Waals surface area contributed by atoms with Crippen LogP contribution in [0.5, 0.6) is 0 Å². The first kappa shape index (κ1) is 23.6. The Bertz CT molecular complexity index is 1290. The van der Waals surface area contributed by atoms with Gasteiger partial charge >= 0.3 is 0 Å². The Morgan fingerprint density at radius 3 is 2.65 bits per heavy atom. The lowest BCUT2D eigenvalue weighted by Crippen LogP contribution is -2.99. The van der Waals surface area contributed by atoms with E-state index in [-0.39, 0.29) is 22.6 Å². The van der Waals surface area contributed by atoms with Crippen LogP contribution in [0.15, 0.2) is 87.4 Å². The number of quaternary nitrogens is 1. The summed E-state index contributed by atoms with van der Waals surface area (Å²) < 4.78 is 5.63. The van der Waals surface area contributed by atoms with Gasteiger partial charge in [0.15, 0.2) is 5.69 Å². The highest BCUT2D eigenvalue weighted by Gasteiger charge is 2.12.